The van der Waals surface area contributed by atoms with Crippen molar-refractivity contribution in [2.24, 2.45) is 0 Å². The molecule has 0 aromatic carbocycles. The molecule has 7 heteroatoms. The lowest BCUT2D eigenvalue weighted by Crippen LogP contribution is -2.11. The lowest BCUT2D eigenvalue weighted by atomic mass is 10.2. The Morgan fingerprint density at radius 3 is 2.69 bits per heavy atom. The molecule has 0 radical (unpaired) electrons. The van der Waals surface area contributed by atoms with E-state index in [4.69, 9.17) is 5.11 Å². The third-order valence-electron chi connectivity index (χ3n) is 1.33. The fourth-order valence-electron chi connectivity index (χ4n) is 0.858. The van der Waals surface area contributed by atoms with E-state index in [0.717, 1.165) is 6.20 Å². The lowest BCUT2D eigenvalue weighted by Gasteiger charge is -2.03. The van der Waals surface area contributed by atoms with Crippen LogP contribution in [0.5, 0.6) is 0 Å². The summed E-state index contributed by atoms with van der Waals surface area (Å²) in [5.41, 5.74) is -1.53. The number of alkyl halides is 3. The number of nitrogens with zero attached hydrogens (tertiary/aromatic N) is 1. The van der Waals surface area contributed by atoms with Gasteiger partial charge in [-0.3, -0.25) is 9.89 Å². The van der Waals surface area contributed by atoms with Crippen LogP contribution in [0.3, 0.4) is 0 Å². The van der Waals surface area contributed by atoms with Crippen LogP contribution in [0.2, 0.25) is 0 Å². The molecule has 1 aromatic rings. The average molecular weight is 194 g/mol. The Morgan fingerprint density at radius 2 is 2.23 bits per heavy atom. The van der Waals surface area contributed by atoms with Gasteiger partial charge in [0, 0.05) is 11.8 Å². The Kier molecular flexibility index (Phi) is 2.26. The molecule has 2 N–H and O–H groups in total. The van der Waals surface area contributed by atoms with Crippen LogP contribution in [-0.4, -0.2) is 21.3 Å². The zero-order chi connectivity index (χ0) is 10.1. The number of hydrogen-bond acceptors (Lipinski definition) is 2. The predicted molar refractivity (Wildman–Crippen MR) is 34.9 cm³/mol. The van der Waals surface area contributed by atoms with E-state index in [2.05, 4.69) is 5.10 Å². The molecule has 0 fully saturated rings. The van der Waals surface area contributed by atoms with Gasteiger partial charge >= 0.3 is 12.1 Å². The summed E-state index contributed by atoms with van der Waals surface area (Å²) < 4.78 is 36.2. The quantitative estimate of drug-likeness (QED) is 0.739. The molecule has 0 bridgehead atoms. The molecule has 0 atom stereocenters. The molecule has 0 saturated carbocycles. The molecule has 0 unspecified atom stereocenters. The summed E-state index contributed by atoms with van der Waals surface area (Å²) in [6.07, 6.45) is -4.37. The van der Waals surface area contributed by atoms with E-state index in [9.17, 15) is 18.0 Å². The molecule has 0 aliphatic heterocycles. The van der Waals surface area contributed by atoms with Gasteiger partial charge in [-0.1, -0.05) is 0 Å². The van der Waals surface area contributed by atoms with E-state index in [1.54, 1.807) is 0 Å². The summed E-state index contributed by atoms with van der Waals surface area (Å²) >= 11 is 0. The van der Waals surface area contributed by atoms with Gasteiger partial charge in [0.2, 0.25) is 0 Å². The van der Waals surface area contributed by atoms with Crippen LogP contribution in [0.15, 0.2) is 6.20 Å². The second-order valence-corrected chi connectivity index (χ2v) is 2.33. The molecule has 0 amide bonds. The van der Waals surface area contributed by atoms with E-state index in [-0.39, 0.29) is 5.56 Å². The second kappa shape index (κ2) is 3.08. The maximum absolute atomic E-state index is 12.1. The Hall–Kier alpha value is -1.53. The molecule has 4 nitrogen and oxygen atoms in total. The third-order valence-corrected chi connectivity index (χ3v) is 1.33. The normalized spacial score (nSPS) is 11.6. The molecule has 72 valence electrons. The van der Waals surface area contributed by atoms with Gasteiger partial charge in [0.25, 0.3) is 0 Å². The van der Waals surface area contributed by atoms with Crippen molar-refractivity contribution in [1.29, 1.82) is 0 Å². The number of carboxylic acid groups (broad SMARTS) is 1. The van der Waals surface area contributed by atoms with Crippen molar-refractivity contribution in [3.63, 3.8) is 0 Å². The molecule has 13 heavy (non-hydrogen) atoms. The SMILES string of the molecule is O=C(O)Cc1c[nH]nc1C(F)(F)F. The van der Waals surface area contributed by atoms with Crippen LogP contribution >= 0.6 is 0 Å². The van der Waals surface area contributed by atoms with Gasteiger partial charge in [0.1, 0.15) is 0 Å². The van der Waals surface area contributed by atoms with Crippen molar-refractivity contribution in [1.82, 2.24) is 10.2 Å². The minimum absolute atomic E-state index is 0.361. The molecule has 0 aliphatic carbocycles. The molecular formula is C6H5F3N2O2. The van der Waals surface area contributed by atoms with Gasteiger partial charge in [-0.25, -0.2) is 0 Å². The zero-order valence-corrected chi connectivity index (χ0v) is 6.22. The minimum atomic E-state index is -4.61. The number of hydrogen-bond donors (Lipinski definition) is 2. The number of halogens is 3. The van der Waals surface area contributed by atoms with Crippen molar-refractivity contribution in [2.75, 3.05) is 0 Å². The lowest BCUT2D eigenvalue weighted by molar-refractivity contribution is -0.142. The van der Waals surface area contributed by atoms with Gasteiger partial charge < -0.3 is 5.11 Å². The third kappa shape index (κ3) is 2.20. The van der Waals surface area contributed by atoms with Crippen LogP contribution in [0.25, 0.3) is 0 Å². The van der Waals surface area contributed by atoms with Gasteiger partial charge in [0.05, 0.1) is 6.42 Å². The van der Waals surface area contributed by atoms with Gasteiger partial charge in [0.15, 0.2) is 5.69 Å². The summed E-state index contributed by atoms with van der Waals surface area (Å²) in [6.45, 7) is 0. The number of rotatable bonds is 2. The van der Waals surface area contributed by atoms with Gasteiger partial charge in [-0.15, -0.1) is 0 Å². The number of carboxylic acids is 1. The Balaban J connectivity index is 2.96. The first-order valence-corrected chi connectivity index (χ1v) is 3.23. The molecule has 1 rings (SSSR count). The Labute approximate surface area is 70.4 Å². The summed E-state index contributed by atoms with van der Waals surface area (Å²) in [5, 5.41) is 13.2. The molecule has 1 heterocycles. The summed E-state index contributed by atoms with van der Waals surface area (Å²) in [7, 11) is 0. The largest absolute Gasteiger partial charge is 0.481 e. The van der Waals surface area contributed by atoms with Crippen molar-refractivity contribution in [3.8, 4) is 0 Å². The number of nitrogens with one attached hydrogen (secondary N) is 1. The maximum Gasteiger partial charge on any atom is 0.435 e. The van der Waals surface area contributed by atoms with Crippen LogP contribution < -0.4 is 0 Å². The average Bonchev–Trinajstić information content (AvgIpc) is 2.31. The Bertz CT molecular complexity index is 318. The van der Waals surface area contributed by atoms with Gasteiger partial charge in [-0.05, 0) is 0 Å². The van der Waals surface area contributed by atoms with Crippen LogP contribution in [0.4, 0.5) is 13.2 Å². The highest BCUT2D eigenvalue weighted by Crippen LogP contribution is 2.30. The first-order valence-electron chi connectivity index (χ1n) is 3.23. The highest BCUT2D eigenvalue weighted by atomic mass is 19.4. The zero-order valence-electron chi connectivity index (χ0n) is 6.22. The van der Waals surface area contributed by atoms with Crippen LogP contribution in [0, 0.1) is 0 Å². The second-order valence-electron chi connectivity index (χ2n) is 2.33. The van der Waals surface area contributed by atoms with Crippen LogP contribution in [0.1, 0.15) is 11.3 Å². The first-order chi connectivity index (χ1) is 5.91. The fourth-order valence-corrected chi connectivity index (χ4v) is 0.858. The minimum Gasteiger partial charge on any atom is -0.481 e. The number of carbonyl (C=O) groups is 1. The van der Waals surface area contributed by atoms with Gasteiger partial charge in [-0.2, -0.15) is 18.3 Å². The molecular weight excluding hydrogens is 189 g/mol. The van der Waals surface area contributed by atoms with Crippen LogP contribution in [-0.2, 0) is 17.4 Å². The highest BCUT2D eigenvalue weighted by molar-refractivity contribution is 5.70. The Morgan fingerprint density at radius 1 is 1.62 bits per heavy atom. The van der Waals surface area contributed by atoms with E-state index < -0.39 is 24.3 Å². The first kappa shape index (κ1) is 9.56. The smallest absolute Gasteiger partial charge is 0.435 e. The number of H-pyrrole nitrogens is 1. The molecule has 0 aliphatic rings. The number of aliphatic carboxylic acids is 1. The van der Waals surface area contributed by atoms with E-state index in [1.807, 2.05) is 5.10 Å². The summed E-state index contributed by atoms with van der Waals surface area (Å²) in [4.78, 5) is 10.1. The van der Waals surface area contributed by atoms with Crippen molar-refractivity contribution in [3.05, 3.63) is 17.5 Å². The number of aromatic amines is 1. The maximum atomic E-state index is 12.1. The molecule has 0 saturated heterocycles. The van der Waals surface area contributed by atoms with Crippen molar-refractivity contribution < 1.29 is 23.1 Å². The van der Waals surface area contributed by atoms with Crippen molar-refractivity contribution in [2.45, 2.75) is 12.6 Å². The predicted octanol–water partition coefficient (Wildman–Crippen LogP) is 1.06. The monoisotopic (exact) mass is 194 g/mol. The summed E-state index contributed by atoms with van der Waals surface area (Å²) in [6, 6.07) is 0. The van der Waals surface area contributed by atoms with Crippen molar-refractivity contribution >= 4 is 5.97 Å². The standard InChI is InChI=1S/C6H5F3N2O2/c7-6(8,9)5-3(1-4(12)13)2-10-11-5/h2H,1H2,(H,10,11)(H,12,13). The molecule has 0 spiro atoms. The van der Waals surface area contributed by atoms with E-state index in [0.29, 0.717) is 0 Å². The summed E-state index contributed by atoms with van der Waals surface area (Å²) in [5.74, 6) is -1.33. The topological polar surface area (TPSA) is 66.0 Å². The molecule has 1 aromatic heterocycles. The highest BCUT2D eigenvalue weighted by Gasteiger charge is 2.36. The van der Waals surface area contributed by atoms with E-state index >= 15 is 0 Å². The number of aromatic nitrogens is 2. The fraction of sp³-hybridized carbons (Fsp3) is 0.333. The van der Waals surface area contributed by atoms with E-state index in [1.165, 1.54) is 0 Å².